The van der Waals surface area contributed by atoms with Gasteiger partial charge in [-0.15, -0.1) is 21.5 Å². The molecule has 3 aromatic heterocycles. The van der Waals surface area contributed by atoms with Crippen molar-refractivity contribution in [2.75, 3.05) is 19.6 Å². The summed E-state index contributed by atoms with van der Waals surface area (Å²) in [4.78, 5) is 37.9. The number of likely N-dealkylation sites (tertiary alicyclic amines) is 1. The molecule has 0 spiro atoms. The van der Waals surface area contributed by atoms with Crippen molar-refractivity contribution >= 4 is 39.1 Å². The summed E-state index contributed by atoms with van der Waals surface area (Å²) in [5, 5.41) is 13.2. The number of nitrogens with one attached hydrogen (secondary N) is 1. The molecule has 1 aliphatic rings. The van der Waals surface area contributed by atoms with Crippen LogP contribution in [0.25, 0.3) is 16.0 Å². The third-order valence-corrected chi connectivity index (χ3v) is 6.19. The summed E-state index contributed by atoms with van der Waals surface area (Å²) in [5.41, 5.74) is 0.741. The minimum Gasteiger partial charge on any atom is -0.356 e. The van der Waals surface area contributed by atoms with Gasteiger partial charge in [-0.3, -0.25) is 23.4 Å². The minimum absolute atomic E-state index is 0.000324. The van der Waals surface area contributed by atoms with Crippen LogP contribution in [0.5, 0.6) is 0 Å². The van der Waals surface area contributed by atoms with Crippen molar-refractivity contribution in [3.05, 3.63) is 27.6 Å². The van der Waals surface area contributed by atoms with Crippen LogP contribution in [-0.4, -0.2) is 55.5 Å². The second-order valence-electron chi connectivity index (χ2n) is 7.29. The average Bonchev–Trinajstić information content (AvgIpc) is 3.43. The molecular weight excluding hydrogens is 392 g/mol. The Morgan fingerprint density at radius 1 is 1.28 bits per heavy atom. The maximum atomic E-state index is 12.4. The molecule has 0 aromatic carbocycles. The van der Waals surface area contributed by atoms with Crippen molar-refractivity contribution in [3.63, 3.8) is 0 Å². The molecule has 0 atom stereocenters. The number of aromatic nitrogens is 4. The van der Waals surface area contributed by atoms with Crippen LogP contribution < -0.4 is 10.9 Å². The number of fused-ring (bicyclic) bond motifs is 3. The molecule has 1 aliphatic heterocycles. The molecule has 3 aromatic rings. The summed E-state index contributed by atoms with van der Waals surface area (Å²) in [7, 11) is 1.69. The standard InChI is InChI=1S/C19H24N6O3S/c1-23-18(28)17-13(8-12-29-17)25-14(21-22-19(23)25)5-2-6-15(26)20-9-4-11-24-10-3-7-16(24)27/h8,12H,2-7,9-11H2,1H3,(H,20,26). The zero-order valence-electron chi connectivity index (χ0n) is 16.4. The average molecular weight is 417 g/mol. The molecule has 4 rings (SSSR count). The van der Waals surface area contributed by atoms with E-state index in [2.05, 4.69) is 15.5 Å². The molecular formula is C19H24N6O3S. The number of carbonyl (C=O) groups is 2. The highest BCUT2D eigenvalue weighted by Crippen LogP contribution is 2.19. The summed E-state index contributed by atoms with van der Waals surface area (Å²) < 4.78 is 4.08. The molecule has 154 valence electrons. The Labute approximate surface area is 171 Å². The summed E-state index contributed by atoms with van der Waals surface area (Å²) >= 11 is 1.41. The molecule has 0 unspecified atom stereocenters. The summed E-state index contributed by atoms with van der Waals surface area (Å²) in [6.45, 7) is 2.12. The van der Waals surface area contributed by atoms with E-state index in [0.29, 0.717) is 49.3 Å². The Balaban J connectivity index is 1.29. The van der Waals surface area contributed by atoms with E-state index in [1.54, 1.807) is 7.05 Å². The van der Waals surface area contributed by atoms with Crippen LogP contribution in [0.3, 0.4) is 0 Å². The van der Waals surface area contributed by atoms with Crippen molar-refractivity contribution < 1.29 is 9.59 Å². The predicted octanol–water partition coefficient (Wildman–Crippen LogP) is 1.09. The van der Waals surface area contributed by atoms with E-state index in [1.165, 1.54) is 15.9 Å². The van der Waals surface area contributed by atoms with E-state index in [4.69, 9.17) is 0 Å². The Morgan fingerprint density at radius 2 is 2.14 bits per heavy atom. The molecule has 29 heavy (non-hydrogen) atoms. The van der Waals surface area contributed by atoms with Crippen LogP contribution >= 0.6 is 11.3 Å². The summed E-state index contributed by atoms with van der Waals surface area (Å²) in [5.74, 6) is 1.48. The van der Waals surface area contributed by atoms with Crippen molar-refractivity contribution in [2.24, 2.45) is 7.05 Å². The van der Waals surface area contributed by atoms with Crippen molar-refractivity contribution in [1.29, 1.82) is 0 Å². The highest BCUT2D eigenvalue weighted by molar-refractivity contribution is 7.17. The van der Waals surface area contributed by atoms with Gasteiger partial charge in [-0.05, 0) is 30.7 Å². The van der Waals surface area contributed by atoms with Crippen molar-refractivity contribution in [1.82, 2.24) is 29.4 Å². The van der Waals surface area contributed by atoms with Crippen molar-refractivity contribution in [2.45, 2.75) is 38.5 Å². The van der Waals surface area contributed by atoms with E-state index >= 15 is 0 Å². The van der Waals surface area contributed by atoms with Crippen LogP contribution in [0.4, 0.5) is 0 Å². The van der Waals surface area contributed by atoms with Crippen LogP contribution in [-0.2, 0) is 23.1 Å². The van der Waals surface area contributed by atoms with Crippen LogP contribution in [0.15, 0.2) is 16.2 Å². The first kappa shape index (κ1) is 19.6. The van der Waals surface area contributed by atoms with Gasteiger partial charge in [0, 0.05) is 45.9 Å². The molecule has 0 radical (unpaired) electrons. The molecule has 9 nitrogen and oxygen atoms in total. The second-order valence-corrected chi connectivity index (χ2v) is 8.21. The summed E-state index contributed by atoms with van der Waals surface area (Å²) in [6.07, 6.45) is 4.00. The van der Waals surface area contributed by atoms with Gasteiger partial charge in [0.25, 0.3) is 5.56 Å². The molecule has 2 amide bonds. The molecule has 1 N–H and O–H groups in total. The first-order valence-electron chi connectivity index (χ1n) is 9.91. The van der Waals surface area contributed by atoms with Crippen LogP contribution in [0.1, 0.15) is 37.9 Å². The van der Waals surface area contributed by atoms with Gasteiger partial charge < -0.3 is 10.2 Å². The zero-order chi connectivity index (χ0) is 20.4. The van der Waals surface area contributed by atoms with Gasteiger partial charge >= 0.3 is 0 Å². The fourth-order valence-corrected chi connectivity index (χ4v) is 4.60. The quantitative estimate of drug-likeness (QED) is 0.554. The molecule has 0 saturated carbocycles. The second kappa shape index (κ2) is 8.32. The SMILES string of the molecule is Cn1c(=O)c2sccc2n2c(CCCC(=O)NCCCN3CCCC3=O)nnc12. The fraction of sp³-hybridized carbons (Fsp3) is 0.526. The van der Waals surface area contributed by atoms with E-state index in [0.717, 1.165) is 30.7 Å². The van der Waals surface area contributed by atoms with Gasteiger partial charge in [0.2, 0.25) is 17.6 Å². The first-order chi connectivity index (χ1) is 14.1. The fourth-order valence-electron chi connectivity index (χ4n) is 3.75. The van der Waals surface area contributed by atoms with Gasteiger partial charge in [-0.25, -0.2) is 0 Å². The minimum atomic E-state index is -0.0727. The maximum absolute atomic E-state index is 12.4. The molecule has 1 saturated heterocycles. The number of carbonyl (C=O) groups excluding carboxylic acids is 2. The number of hydrogen-bond acceptors (Lipinski definition) is 6. The number of aryl methyl sites for hydroxylation is 2. The van der Waals surface area contributed by atoms with Gasteiger partial charge in [-0.1, -0.05) is 0 Å². The molecule has 4 heterocycles. The lowest BCUT2D eigenvalue weighted by molar-refractivity contribution is -0.127. The Bertz CT molecular complexity index is 1110. The molecule has 10 heteroatoms. The predicted molar refractivity (Wildman–Crippen MR) is 110 cm³/mol. The Kier molecular flexibility index (Phi) is 5.61. The zero-order valence-corrected chi connectivity index (χ0v) is 17.2. The van der Waals surface area contributed by atoms with Crippen molar-refractivity contribution in [3.8, 4) is 0 Å². The van der Waals surface area contributed by atoms with E-state index in [1.807, 2.05) is 20.7 Å². The number of hydrogen-bond donors (Lipinski definition) is 1. The highest BCUT2D eigenvalue weighted by atomic mass is 32.1. The normalized spacial score (nSPS) is 14.4. The first-order valence-corrected chi connectivity index (χ1v) is 10.8. The highest BCUT2D eigenvalue weighted by Gasteiger charge is 2.19. The van der Waals surface area contributed by atoms with E-state index < -0.39 is 0 Å². The molecule has 0 bridgehead atoms. The summed E-state index contributed by atoms with van der Waals surface area (Å²) in [6, 6.07) is 1.90. The lowest BCUT2D eigenvalue weighted by Gasteiger charge is -2.15. The largest absolute Gasteiger partial charge is 0.356 e. The smallest absolute Gasteiger partial charge is 0.272 e. The lowest BCUT2D eigenvalue weighted by atomic mass is 10.2. The number of nitrogens with zero attached hydrogens (tertiary/aromatic N) is 5. The monoisotopic (exact) mass is 416 g/mol. The Hall–Kier alpha value is -2.75. The molecule has 0 aliphatic carbocycles. The maximum Gasteiger partial charge on any atom is 0.272 e. The molecule has 1 fully saturated rings. The number of amides is 2. The van der Waals surface area contributed by atoms with Crippen LogP contribution in [0, 0.1) is 0 Å². The van der Waals surface area contributed by atoms with Gasteiger partial charge in [-0.2, -0.15) is 0 Å². The van der Waals surface area contributed by atoms with Gasteiger partial charge in [0.05, 0.1) is 5.52 Å². The van der Waals surface area contributed by atoms with E-state index in [9.17, 15) is 14.4 Å². The Morgan fingerprint density at radius 3 is 2.93 bits per heavy atom. The van der Waals surface area contributed by atoms with Gasteiger partial charge in [0.15, 0.2) is 0 Å². The van der Waals surface area contributed by atoms with Gasteiger partial charge in [0.1, 0.15) is 10.5 Å². The lowest BCUT2D eigenvalue weighted by Crippen LogP contribution is -2.30. The van der Waals surface area contributed by atoms with Crippen LogP contribution in [0.2, 0.25) is 0 Å². The number of rotatable bonds is 8. The van der Waals surface area contributed by atoms with E-state index in [-0.39, 0.29) is 17.4 Å². The third-order valence-electron chi connectivity index (χ3n) is 5.30. The topological polar surface area (TPSA) is 102 Å². The third kappa shape index (κ3) is 3.89. The number of thiophene rings is 1.